The first kappa shape index (κ1) is 29.1. The molecule has 3 N–H and O–H groups in total. The molecule has 3 aromatic carbocycles. The number of benzene rings is 3. The van der Waals surface area contributed by atoms with Crippen molar-refractivity contribution in [1.29, 1.82) is 0 Å². The van der Waals surface area contributed by atoms with Gasteiger partial charge in [-0.3, -0.25) is 4.79 Å². The molecule has 1 aromatic heterocycles. The third-order valence-electron chi connectivity index (χ3n) is 4.97. The molecule has 1 amide bonds. The number of halogens is 1. The van der Waals surface area contributed by atoms with Crippen molar-refractivity contribution in [2.45, 2.75) is 34.2 Å². The van der Waals surface area contributed by atoms with Gasteiger partial charge in [-0.15, -0.1) is 0 Å². The number of nitrogens with zero attached hydrogens (tertiary/aromatic N) is 1. The minimum absolute atomic E-state index is 0.212. The fourth-order valence-electron chi connectivity index (χ4n) is 3.25. The van der Waals surface area contributed by atoms with Gasteiger partial charge >= 0.3 is 0 Å². The molecule has 0 fully saturated rings. The van der Waals surface area contributed by atoms with Gasteiger partial charge in [0.05, 0.1) is 11.9 Å². The lowest BCUT2D eigenvalue weighted by Crippen LogP contribution is -2.11. The van der Waals surface area contributed by atoms with Gasteiger partial charge in [-0.05, 0) is 60.2 Å². The Morgan fingerprint density at radius 3 is 2.32 bits per heavy atom. The number of amides is 1. The number of allylic oxidation sites excluding steroid dienone is 1. The number of carbonyl (C=O) groups is 1. The zero-order valence-electron chi connectivity index (χ0n) is 21.9. The number of aromatic amines is 1. The van der Waals surface area contributed by atoms with Crippen LogP contribution in [0.4, 0.5) is 5.69 Å². The van der Waals surface area contributed by atoms with Gasteiger partial charge in [-0.2, -0.15) is 0 Å². The van der Waals surface area contributed by atoms with Crippen LogP contribution in [0, 0.1) is 0 Å². The first-order valence-electron chi connectivity index (χ1n) is 12.4. The Bertz CT molecular complexity index is 1280. The van der Waals surface area contributed by atoms with E-state index in [0.29, 0.717) is 22.8 Å². The molecule has 1 heterocycles. The molecule has 37 heavy (non-hydrogen) atoms. The molecule has 0 aliphatic heterocycles. The fraction of sp³-hybridized carbons (Fsp3) is 0.161. The highest BCUT2D eigenvalue weighted by atomic mass is 35.5. The van der Waals surface area contributed by atoms with E-state index in [2.05, 4.69) is 39.3 Å². The lowest BCUT2D eigenvalue weighted by molar-refractivity contribution is 0.102. The summed E-state index contributed by atoms with van der Waals surface area (Å²) in [6.07, 6.45) is 5.52. The Kier molecular flexibility index (Phi) is 12.5. The van der Waals surface area contributed by atoms with Crippen LogP contribution in [-0.2, 0) is 6.54 Å². The summed E-state index contributed by atoms with van der Waals surface area (Å²) in [5.74, 6) is 0.524. The van der Waals surface area contributed by atoms with Crippen molar-refractivity contribution in [2.24, 2.45) is 0 Å². The number of aromatic nitrogens is 2. The summed E-state index contributed by atoms with van der Waals surface area (Å²) in [4.78, 5) is 20.2. The second kappa shape index (κ2) is 15.8. The molecule has 0 saturated heterocycles. The number of carbonyl (C=O) groups excluding carboxylic acids is 1. The quantitative estimate of drug-likeness (QED) is 0.207. The van der Waals surface area contributed by atoms with Crippen molar-refractivity contribution in [1.82, 2.24) is 15.3 Å². The van der Waals surface area contributed by atoms with E-state index in [1.807, 2.05) is 76.2 Å². The number of imidazole rings is 1. The first-order valence-corrected chi connectivity index (χ1v) is 12.8. The highest BCUT2D eigenvalue weighted by Crippen LogP contribution is 2.20. The molecular formula is C31H35ClN4O. The molecule has 192 valence electrons. The Labute approximate surface area is 225 Å². The van der Waals surface area contributed by atoms with E-state index < -0.39 is 0 Å². The van der Waals surface area contributed by atoms with Crippen molar-refractivity contribution >= 4 is 29.3 Å². The molecule has 0 aliphatic rings. The normalized spacial score (nSPS) is 10.2. The van der Waals surface area contributed by atoms with Gasteiger partial charge < -0.3 is 15.6 Å². The molecule has 0 saturated carbocycles. The summed E-state index contributed by atoms with van der Waals surface area (Å²) in [6.45, 7) is 12.6. The third kappa shape index (κ3) is 9.13. The topological polar surface area (TPSA) is 69.8 Å². The van der Waals surface area contributed by atoms with E-state index in [0.717, 1.165) is 22.8 Å². The van der Waals surface area contributed by atoms with Gasteiger partial charge in [0, 0.05) is 34.1 Å². The first-order chi connectivity index (χ1) is 18.1. The third-order valence-corrected chi connectivity index (χ3v) is 5.20. The van der Waals surface area contributed by atoms with Crippen LogP contribution in [0.1, 0.15) is 49.3 Å². The standard InChI is InChI=1S/C27H23ClN4O.2C2H6/c1-2-23(29-17-19-7-4-3-5-8-19)16-25-18-30-26(31-25)20-11-13-24(14-12-20)32-27(33)21-9-6-10-22(28)15-21;2*1-2/h2-16,18,29H,1,17H2,(H,30,31)(H,32,33);2*1-2H3/b23-16+;;. The molecule has 4 aromatic rings. The van der Waals surface area contributed by atoms with Gasteiger partial charge in [-0.1, -0.05) is 82.3 Å². The molecule has 5 nitrogen and oxygen atoms in total. The molecule has 0 radical (unpaired) electrons. The predicted molar refractivity (Wildman–Crippen MR) is 158 cm³/mol. The van der Waals surface area contributed by atoms with E-state index in [4.69, 9.17) is 11.6 Å². The Balaban J connectivity index is 0.00000115. The monoisotopic (exact) mass is 514 g/mol. The molecular weight excluding hydrogens is 480 g/mol. The number of anilines is 1. The fourth-order valence-corrected chi connectivity index (χ4v) is 3.44. The lowest BCUT2D eigenvalue weighted by Gasteiger charge is -2.07. The molecule has 6 heteroatoms. The van der Waals surface area contributed by atoms with Crippen molar-refractivity contribution in [3.63, 3.8) is 0 Å². The van der Waals surface area contributed by atoms with E-state index in [9.17, 15) is 4.79 Å². The molecule has 0 bridgehead atoms. The summed E-state index contributed by atoms with van der Waals surface area (Å²) in [5.41, 5.74) is 5.06. The maximum Gasteiger partial charge on any atom is 0.255 e. The summed E-state index contributed by atoms with van der Waals surface area (Å²) >= 11 is 5.96. The van der Waals surface area contributed by atoms with E-state index >= 15 is 0 Å². The van der Waals surface area contributed by atoms with E-state index in [-0.39, 0.29) is 5.91 Å². The smallest absolute Gasteiger partial charge is 0.255 e. The van der Waals surface area contributed by atoms with Crippen LogP contribution in [-0.4, -0.2) is 15.9 Å². The number of hydrogen-bond acceptors (Lipinski definition) is 3. The van der Waals surface area contributed by atoms with Gasteiger partial charge in [0.15, 0.2) is 0 Å². The highest BCUT2D eigenvalue weighted by Gasteiger charge is 2.08. The molecule has 0 spiro atoms. The average molecular weight is 515 g/mol. The summed E-state index contributed by atoms with van der Waals surface area (Å²) in [5, 5.41) is 6.77. The average Bonchev–Trinajstić information content (AvgIpc) is 3.42. The zero-order chi connectivity index (χ0) is 27.0. The van der Waals surface area contributed by atoms with Crippen molar-refractivity contribution in [3.05, 3.63) is 125 Å². The van der Waals surface area contributed by atoms with Crippen LogP contribution < -0.4 is 10.6 Å². The van der Waals surface area contributed by atoms with Crippen molar-refractivity contribution in [3.8, 4) is 11.4 Å². The number of nitrogens with one attached hydrogen (secondary N) is 3. The minimum atomic E-state index is -0.212. The van der Waals surface area contributed by atoms with Crippen LogP contribution in [0.2, 0.25) is 5.02 Å². The number of rotatable bonds is 8. The molecule has 4 rings (SSSR count). The van der Waals surface area contributed by atoms with E-state index in [1.54, 1.807) is 36.5 Å². The molecule has 0 unspecified atom stereocenters. The maximum atomic E-state index is 12.4. The van der Waals surface area contributed by atoms with Gasteiger partial charge in [0.25, 0.3) is 5.91 Å². The van der Waals surface area contributed by atoms with Crippen molar-refractivity contribution in [2.75, 3.05) is 5.32 Å². The van der Waals surface area contributed by atoms with Crippen molar-refractivity contribution < 1.29 is 4.79 Å². The van der Waals surface area contributed by atoms with E-state index in [1.165, 1.54) is 5.56 Å². The second-order valence-corrected chi connectivity index (χ2v) is 7.81. The van der Waals surface area contributed by atoms with Crippen LogP contribution in [0.3, 0.4) is 0 Å². The van der Waals surface area contributed by atoms with Crippen LogP contribution in [0.5, 0.6) is 0 Å². The molecule has 0 aliphatic carbocycles. The van der Waals surface area contributed by atoms with Gasteiger partial charge in [0.2, 0.25) is 0 Å². The molecule has 0 atom stereocenters. The summed E-state index contributed by atoms with van der Waals surface area (Å²) in [6, 6.07) is 24.5. The largest absolute Gasteiger partial charge is 0.381 e. The minimum Gasteiger partial charge on any atom is -0.381 e. The maximum absolute atomic E-state index is 12.4. The lowest BCUT2D eigenvalue weighted by atomic mass is 10.1. The Morgan fingerprint density at radius 2 is 1.68 bits per heavy atom. The Hall–Kier alpha value is -4.09. The number of H-pyrrole nitrogens is 1. The van der Waals surface area contributed by atoms with Crippen LogP contribution in [0.15, 0.2) is 103 Å². The van der Waals surface area contributed by atoms with Gasteiger partial charge in [0.1, 0.15) is 5.82 Å². The summed E-state index contributed by atoms with van der Waals surface area (Å²) in [7, 11) is 0. The summed E-state index contributed by atoms with van der Waals surface area (Å²) < 4.78 is 0. The Morgan fingerprint density at radius 1 is 0.973 bits per heavy atom. The SMILES string of the molecule is C=C/C(=C\c1cnc(-c2ccc(NC(=O)c3cccc(Cl)c3)cc2)[nH]1)NCc1ccccc1.CC.CC. The second-order valence-electron chi connectivity index (χ2n) is 7.37. The van der Waals surface area contributed by atoms with Gasteiger partial charge in [-0.25, -0.2) is 4.98 Å². The van der Waals surface area contributed by atoms with Crippen LogP contribution in [0.25, 0.3) is 17.5 Å². The zero-order valence-corrected chi connectivity index (χ0v) is 22.6. The number of hydrogen-bond donors (Lipinski definition) is 3. The highest BCUT2D eigenvalue weighted by molar-refractivity contribution is 6.31. The predicted octanol–water partition coefficient (Wildman–Crippen LogP) is 8.35. The van der Waals surface area contributed by atoms with Crippen LogP contribution >= 0.6 is 11.6 Å².